The molecule has 1 atom stereocenters. The van der Waals surface area contributed by atoms with Crippen LogP contribution < -0.4 is 20.1 Å². The Hall–Kier alpha value is -6.05. The Bertz CT molecular complexity index is 1920. The molecule has 14 nitrogen and oxygen atoms in total. The molecule has 1 aliphatic rings. The van der Waals surface area contributed by atoms with Crippen molar-refractivity contribution in [2.45, 2.75) is 26.4 Å². The van der Waals surface area contributed by atoms with E-state index in [9.17, 15) is 14.4 Å². The van der Waals surface area contributed by atoms with Crippen LogP contribution in [0.15, 0.2) is 85.5 Å². The molecular weight excluding hydrogens is 626 g/mol. The van der Waals surface area contributed by atoms with Crippen LogP contribution in [-0.4, -0.2) is 85.5 Å². The standard InChI is InChI=1S/C35H37N9O5/c1-23(2)31-33-40-32(24-8-5-4-6-9-24)41-44(33)16-17-49-29-19-25(12-13-28(29)48-3)34(46)36-14-15-42(20-30(45)39-31)35(47)26-10-7-11-27(18-26)43-21-37-38-22-43/h4-13,18-19,21-23,31H,14-17,20H2,1-3H3,(H,36,46)(H,39,45)/t31-/m1/s1. The lowest BCUT2D eigenvalue weighted by Crippen LogP contribution is -2.46. The Morgan fingerprint density at radius 3 is 2.51 bits per heavy atom. The first-order valence-electron chi connectivity index (χ1n) is 15.9. The monoisotopic (exact) mass is 663 g/mol. The van der Waals surface area contributed by atoms with Gasteiger partial charge in [0.15, 0.2) is 23.1 Å². The maximum Gasteiger partial charge on any atom is 0.254 e. The summed E-state index contributed by atoms with van der Waals surface area (Å²) in [4.78, 5) is 47.2. The predicted octanol–water partition coefficient (Wildman–Crippen LogP) is 3.31. The first-order valence-corrected chi connectivity index (χ1v) is 15.9. The largest absolute Gasteiger partial charge is 0.493 e. The summed E-state index contributed by atoms with van der Waals surface area (Å²) in [5.41, 5.74) is 2.22. The van der Waals surface area contributed by atoms with Gasteiger partial charge in [0.25, 0.3) is 11.8 Å². The third kappa shape index (κ3) is 7.59. The molecule has 0 fully saturated rings. The second-order valence-electron chi connectivity index (χ2n) is 11.8. The highest BCUT2D eigenvalue weighted by Crippen LogP contribution is 2.29. The van der Waals surface area contributed by atoms with E-state index in [-0.39, 0.29) is 49.9 Å². The summed E-state index contributed by atoms with van der Waals surface area (Å²) in [6.45, 7) is 4.34. The van der Waals surface area contributed by atoms with Crippen LogP contribution >= 0.6 is 0 Å². The second-order valence-corrected chi connectivity index (χ2v) is 11.8. The third-order valence-electron chi connectivity index (χ3n) is 8.08. The van der Waals surface area contributed by atoms with Crippen molar-refractivity contribution in [1.29, 1.82) is 0 Å². The van der Waals surface area contributed by atoms with Gasteiger partial charge in [-0.1, -0.05) is 50.2 Å². The van der Waals surface area contributed by atoms with Crippen molar-refractivity contribution in [2.24, 2.45) is 5.92 Å². The van der Waals surface area contributed by atoms with Crippen LogP contribution in [0.1, 0.15) is 46.4 Å². The smallest absolute Gasteiger partial charge is 0.254 e. The zero-order chi connectivity index (χ0) is 34.3. The Balaban J connectivity index is 1.36. The zero-order valence-corrected chi connectivity index (χ0v) is 27.4. The molecule has 0 spiro atoms. The van der Waals surface area contributed by atoms with Gasteiger partial charge in [0, 0.05) is 35.5 Å². The molecule has 6 rings (SSSR count). The Labute approximate surface area is 283 Å². The molecule has 0 aliphatic carbocycles. The minimum atomic E-state index is -0.542. The van der Waals surface area contributed by atoms with E-state index in [2.05, 4.69) is 20.8 Å². The molecule has 14 heteroatoms. The summed E-state index contributed by atoms with van der Waals surface area (Å²) < 4.78 is 15.0. The van der Waals surface area contributed by atoms with Gasteiger partial charge < -0.3 is 25.0 Å². The number of benzene rings is 3. The molecule has 2 aromatic heterocycles. The van der Waals surface area contributed by atoms with E-state index < -0.39 is 6.04 Å². The lowest BCUT2D eigenvalue weighted by atomic mass is 10.0. The fraction of sp³-hybridized carbons (Fsp3) is 0.286. The average molecular weight is 664 g/mol. The number of methoxy groups -OCH3 is 1. The number of fused-ring (bicyclic) bond motifs is 3. The summed E-state index contributed by atoms with van der Waals surface area (Å²) in [7, 11) is 1.53. The number of ether oxygens (including phenoxy) is 2. The molecule has 252 valence electrons. The number of nitrogens with one attached hydrogen (secondary N) is 2. The second kappa shape index (κ2) is 14.8. The van der Waals surface area contributed by atoms with Gasteiger partial charge in [-0.15, -0.1) is 10.2 Å². The summed E-state index contributed by atoms with van der Waals surface area (Å²) in [5.74, 6) is 0.694. The first-order chi connectivity index (χ1) is 23.8. The molecule has 1 aliphatic heterocycles. The van der Waals surface area contributed by atoms with Crippen LogP contribution in [0.4, 0.5) is 0 Å². The summed E-state index contributed by atoms with van der Waals surface area (Å²) in [6.07, 6.45) is 3.07. The van der Waals surface area contributed by atoms with Gasteiger partial charge in [-0.2, -0.15) is 5.10 Å². The van der Waals surface area contributed by atoms with Gasteiger partial charge in [-0.25, -0.2) is 9.67 Å². The topological polar surface area (TPSA) is 158 Å². The van der Waals surface area contributed by atoms with Crippen molar-refractivity contribution in [1.82, 2.24) is 45.1 Å². The number of hydrogen-bond donors (Lipinski definition) is 2. The van der Waals surface area contributed by atoms with E-state index >= 15 is 0 Å². The van der Waals surface area contributed by atoms with Crippen molar-refractivity contribution in [3.8, 4) is 28.6 Å². The summed E-state index contributed by atoms with van der Waals surface area (Å²) in [5, 5.41) is 18.5. The minimum absolute atomic E-state index is 0.0645. The van der Waals surface area contributed by atoms with Gasteiger partial charge in [0.2, 0.25) is 5.91 Å². The molecule has 0 radical (unpaired) electrons. The van der Waals surface area contributed by atoms with Crippen molar-refractivity contribution in [3.05, 3.63) is 102 Å². The van der Waals surface area contributed by atoms with Crippen molar-refractivity contribution < 1.29 is 23.9 Å². The Morgan fingerprint density at radius 2 is 1.76 bits per heavy atom. The maximum absolute atomic E-state index is 14.0. The fourth-order valence-electron chi connectivity index (χ4n) is 5.53. The highest BCUT2D eigenvalue weighted by molar-refractivity contribution is 5.97. The van der Waals surface area contributed by atoms with Crippen molar-refractivity contribution >= 4 is 17.7 Å². The van der Waals surface area contributed by atoms with E-state index in [1.165, 1.54) is 24.7 Å². The molecule has 49 heavy (non-hydrogen) atoms. The van der Waals surface area contributed by atoms with E-state index in [1.807, 2.05) is 50.2 Å². The van der Waals surface area contributed by atoms with E-state index in [1.54, 1.807) is 45.6 Å². The van der Waals surface area contributed by atoms with Crippen LogP contribution in [0.25, 0.3) is 17.1 Å². The third-order valence-corrected chi connectivity index (χ3v) is 8.08. The normalized spacial score (nSPS) is 15.8. The van der Waals surface area contributed by atoms with Crippen molar-refractivity contribution in [2.75, 3.05) is 33.4 Å². The lowest BCUT2D eigenvalue weighted by Gasteiger charge is -2.26. The predicted molar refractivity (Wildman–Crippen MR) is 179 cm³/mol. The quantitative estimate of drug-likeness (QED) is 0.288. The highest BCUT2D eigenvalue weighted by Gasteiger charge is 2.28. The first kappa shape index (κ1) is 32.9. The van der Waals surface area contributed by atoms with Gasteiger partial charge >= 0.3 is 0 Å². The number of amides is 3. The van der Waals surface area contributed by atoms with Crippen LogP contribution in [0.3, 0.4) is 0 Å². The number of carbonyl (C=O) groups excluding carboxylic acids is 3. The van der Waals surface area contributed by atoms with Crippen LogP contribution in [0, 0.1) is 5.92 Å². The molecule has 2 N–H and O–H groups in total. The molecule has 0 saturated carbocycles. The molecule has 3 aromatic carbocycles. The molecule has 2 bridgehead atoms. The van der Waals surface area contributed by atoms with Gasteiger partial charge in [-0.05, 0) is 42.3 Å². The number of rotatable bonds is 5. The van der Waals surface area contributed by atoms with E-state index in [0.29, 0.717) is 46.5 Å². The number of nitrogens with zero attached hydrogens (tertiary/aromatic N) is 7. The van der Waals surface area contributed by atoms with Crippen LogP contribution in [0.5, 0.6) is 11.5 Å². The number of hydrogen-bond acceptors (Lipinski definition) is 9. The Kier molecular flexibility index (Phi) is 9.93. The minimum Gasteiger partial charge on any atom is -0.493 e. The molecule has 5 aromatic rings. The molecule has 0 saturated heterocycles. The summed E-state index contributed by atoms with van der Waals surface area (Å²) >= 11 is 0. The molecule has 3 amide bonds. The molecule has 0 unspecified atom stereocenters. The SMILES string of the molecule is COc1ccc2cc1OCCn1nc(-c3ccccc3)nc1[C@@H](C(C)C)NC(=O)CN(C(=O)c1cccc(-n3cnnc3)c1)CCNC2=O. The van der Waals surface area contributed by atoms with Crippen LogP contribution in [0.2, 0.25) is 0 Å². The number of aromatic nitrogens is 6. The molecule has 3 heterocycles. The average Bonchev–Trinajstić information content (AvgIpc) is 3.81. The zero-order valence-electron chi connectivity index (χ0n) is 27.4. The van der Waals surface area contributed by atoms with Gasteiger partial charge in [-0.3, -0.25) is 19.0 Å². The summed E-state index contributed by atoms with van der Waals surface area (Å²) in [6, 6.07) is 20.9. The lowest BCUT2D eigenvalue weighted by molar-refractivity contribution is -0.123. The van der Waals surface area contributed by atoms with Gasteiger partial charge in [0.05, 0.1) is 26.2 Å². The van der Waals surface area contributed by atoms with Gasteiger partial charge in [0.1, 0.15) is 19.3 Å². The maximum atomic E-state index is 14.0. The van der Waals surface area contributed by atoms with Crippen molar-refractivity contribution in [3.63, 3.8) is 0 Å². The molecular formula is C35H37N9O5. The fourth-order valence-corrected chi connectivity index (χ4v) is 5.53. The van der Waals surface area contributed by atoms with E-state index in [4.69, 9.17) is 19.6 Å². The van der Waals surface area contributed by atoms with Crippen LogP contribution in [-0.2, 0) is 11.3 Å². The highest BCUT2D eigenvalue weighted by atomic mass is 16.5. The number of carbonyl (C=O) groups is 3. The Morgan fingerprint density at radius 1 is 0.959 bits per heavy atom. The van der Waals surface area contributed by atoms with E-state index in [0.717, 1.165) is 5.56 Å².